The highest BCUT2D eigenvalue weighted by atomic mass is 35.5. The van der Waals surface area contributed by atoms with E-state index in [0.29, 0.717) is 12.5 Å². The molecule has 0 atom stereocenters. The predicted molar refractivity (Wildman–Crippen MR) is 86.2 cm³/mol. The van der Waals surface area contributed by atoms with E-state index in [0.717, 1.165) is 55.0 Å². The van der Waals surface area contributed by atoms with E-state index >= 15 is 0 Å². The summed E-state index contributed by atoms with van der Waals surface area (Å²) in [5.74, 6) is 2.16. The lowest BCUT2D eigenvalue weighted by molar-refractivity contribution is 0.191. The third kappa shape index (κ3) is 3.89. The molecular formula is C16H23ClN2O2. The van der Waals surface area contributed by atoms with Crippen molar-refractivity contribution in [3.63, 3.8) is 0 Å². The van der Waals surface area contributed by atoms with Gasteiger partial charge >= 0.3 is 0 Å². The van der Waals surface area contributed by atoms with E-state index in [-0.39, 0.29) is 0 Å². The number of halogens is 1. The lowest BCUT2D eigenvalue weighted by Gasteiger charge is -2.08. The molecule has 0 bridgehead atoms. The summed E-state index contributed by atoms with van der Waals surface area (Å²) in [5, 5.41) is 0. The molecule has 0 saturated heterocycles. The largest absolute Gasteiger partial charge is 0.492 e. The number of alkyl halides is 1. The van der Waals surface area contributed by atoms with Gasteiger partial charge in [0.05, 0.1) is 18.0 Å². The van der Waals surface area contributed by atoms with Gasteiger partial charge in [-0.25, -0.2) is 4.98 Å². The van der Waals surface area contributed by atoms with Crippen LogP contribution in [0.5, 0.6) is 5.75 Å². The Morgan fingerprint density at radius 1 is 1.24 bits per heavy atom. The molecule has 1 aromatic carbocycles. The van der Waals surface area contributed by atoms with Gasteiger partial charge in [-0.1, -0.05) is 6.07 Å². The molecule has 0 spiro atoms. The molecule has 0 aliphatic rings. The molecule has 1 aromatic heterocycles. The second-order valence-electron chi connectivity index (χ2n) is 4.92. The minimum Gasteiger partial charge on any atom is -0.492 e. The number of imidazole rings is 1. The van der Waals surface area contributed by atoms with Crippen LogP contribution in [0.1, 0.15) is 32.0 Å². The van der Waals surface area contributed by atoms with Crippen molar-refractivity contribution in [3.05, 3.63) is 24.0 Å². The number of aryl methyl sites for hydroxylation is 1. The number of benzene rings is 1. The summed E-state index contributed by atoms with van der Waals surface area (Å²) in [5.41, 5.74) is 2.01. The van der Waals surface area contributed by atoms with Crippen molar-refractivity contribution in [1.82, 2.24) is 9.55 Å². The van der Waals surface area contributed by atoms with Gasteiger partial charge in [-0.05, 0) is 38.3 Å². The van der Waals surface area contributed by atoms with Crippen LogP contribution in [-0.4, -0.2) is 29.9 Å². The maximum Gasteiger partial charge on any atom is 0.147 e. The van der Waals surface area contributed by atoms with Gasteiger partial charge in [0.2, 0.25) is 0 Å². The van der Waals surface area contributed by atoms with E-state index in [9.17, 15) is 0 Å². The molecule has 0 amide bonds. The number of rotatable bonds is 9. The molecule has 2 rings (SSSR count). The van der Waals surface area contributed by atoms with E-state index < -0.39 is 0 Å². The highest BCUT2D eigenvalue weighted by molar-refractivity contribution is 6.16. The van der Waals surface area contributed by atoms with Crippen LogP contribution in [0.15, 0.2) is 18.2 Å². The van der Waals surface area contributed by atoms with Crippen molar-refractivity contribution in [2.24, 2.45) is 0 Å². The maximum absolute atomic E-state index is 6.05. The number of nitrogens with zero attached hydrogens (tertiary/aromatic N) is 2. The summed E-state index contributed by atoms with van der Waals surface area (Å²) in [6.45, 7) is 4.37. The Kier molecular flexibility index (Phi) is 6.33. The smallest absolute Gasteiger partial charge is 0.147 e. The van der Waals surface area contributed by atoms with Crippen LogP contribution in [0.2, 0.25) is 0 Å². The molecule has 1 heterocycles. The fraction of sp³-hybridized carbons (Fsp3) is 0.562. The van der Waals surface area contributed by atoms with Crippen molar-refractivity contribution >= 4 is 22.6 Å². The lowest BCUT2D eigenvalue weighted by Crippen LogP contribution is -2.03. The number of hydrogen-bond donors (Lipinski definition) is 0. The Bertz CT molecular complexity index is 569. The monoisotopic (exact) mass is 310 g/mol. The molecule has 0 unspecified atom stereocenters. The van der Waals surface area contributed by atoms with Crippen molar-refractivity contribution in [2.45, 2.75) is 38.6 Å². The first kappa shape index (κ1) is 16.1. The Labute approximate surface area is 131 Å². The van der Waals surface area contributed by atoms with E-state index in [4.69, 9.17) is 21.1 Å². The Morgan fingerprint density at radius 2 is 2.10 bits per heavy atom. The van der Waals surface area contributed by atoms with Gasteiger partial charge in [0.1, 0.15) is 17.1 Å². The second kappa shape index (κ2) is 8.25. The number of aromatic nitrogens is 2. The summed E-state index contributed by atoms with van der Waals surface area (Å²) < 4.78 is 12.9. The van der Waals surface area contributed by atoms with Crippen LogP contribution in [-0.2, 0) is 17.2 Å². The number of unbranched alkanes of at least 4 members (excludes halogenated alkanes) is 2. The number of methoxy groups -OCH3 is 1. The molecule has 21 heavy (non-hydrogen) atoms. The average molecular weight is 311 g/mol. The Morgan fingerprint density at radius 3 is 2.81 bits per heavy atom. The average Bonchev–Trinajstić information content (AvgIpc) is 2.86. The summed E-state index contributed by atoms with van der Waals surface area (Å²) >= 11 is 6.05. The van der Waals surface area contributed by atoms with Gasteiger partial charge in [-0.2, -0.15) is 0 Å². The normalized spacial score (nSPS) is 11.2. The van der Waals surface area contributed by atoms with E-state index in [2.05, 4.69) is 15.6 Å². The van der Waals surface area contributed by atoms with Crippen LogP contribution >= 0.6 is 11.6 Å². The lowest BCUT2D eigenvalue weighted by atomic mass is 10.2. The topological polar surface area (TPSA) is 36.3 Å². The summed E-state index contributed by atoms with van der Waals surface area (Å²) in [4.78, 5) is 4.65. The second-order valence-corrected chi connectivity index (χ2v) is 5.19. The SMILES string of the molecule is CCOc1cccc2c1nc(CCl)n2CCCCCOC. The number of hydrogen-bond acceptors (Lipinski definition) is 3. The fourth-order valence-electron chi connectivity index (χ4n) is 2.49. The van der Waals surface area contributed by atoms with Crippen LogP contribution in [0, 0.1) is 0 Å². The highest BCUT2D eigenvalue weighted by Crippen LogP contribution is 2.27. The molecule has 116 valence electrons. The molecule has 0 aliphatic carbocycles. The Hall–Kier alpha value is -1.26. The predicted octanol–water partition coefficient (Wildman–Crippen LogP) is 3.99. The van der Waals surface area contributed by atoms with Gasteiger partial charge in [-0.15, -0.1) is 11.6 Å². The molecule has 0 radical (unpaired) electrons. The van der Waals surface area contributed by atoms with Crippen LogP contribution in [0.3, 0.4) is 0 Å². The van der Waals surface area contributed by atoms with Gasteiger partial charge in [-0.3, -0.25) is 0 Å². The standard InChI is InChI=1S/C16H23ClN2O2/c1-3-21-14-9-7-8-13-16(14)18-15(12-17)19(13)10-5-4-6-11-20-2/h7-9H,3-6,10-12H2,1-2H3. The van der Waals surface area contributed by atoms with E-state index in [1.165, 1.54) is 0 Å². The molecule has 0 saturated carbocycles. The minimum absolute atomic E-state index is 0.415. The first-order valence-electron chi connectivity index (χ1n) is 7.47. The molecule has 2 aromatic rings. The fourth-order valence-corrected chi connectivity index (χ4v) is 2.69. The zero-order chi connectivity index (χ0) is 15.1. The zero-order valence-electron chi connectivity index (χ0n) is 12.8. The quantitative estimate of drug-likeness (QED) is 0.519. The summed E-state index contributed by atoms with van der Waals surface area (Å²) in [6.07, 6.45) is 3.32. The van der Waals surface area contributed by atoms with Crippen molar-refractivity contribution in [3.8, 4) is 5.75 Å². The Balaban J connectivity index is 2.19. The van der Waals surface area contributed by atoms with Gasteiger partial charge in [0.15, 0.2) is 0 Å². The third-order valence-electron chi connectivity index (χ3n) is 3.47. The van der Waals surface area contributed by atoms with Crippen molar-refractivity contribution < 1.29 is 9.47 Å². The van der Waals surface area contributed by atoms with Gasteiger partial charge in [0.25, 0.3) is 0 Å². The zero-order valence-corrected chi connectivity index (χ0v) is 13.5. The summed E-state index contributed by atoms with van der Waals surface area (Å²) in [7, 11) is 1.74. The number of para-hydroxylation sites is 1. The summed E-state index contributed by atoms with van der Waals surface area (Å²) in [6, 6.07) is 6.05. The van der Waals surface area contributed by atoms with Crippen molar-refractivity contribution in [1.29, 1.82) is 0 Å². The van der Waals surface area contributed by atoms with Crippen LogP contribution in [0.4, 0.5) is 0 Å². The highest BCUT2D eigenvalue weighted by Gasteiger charge is 2.13. The minimum atomic E-state index is 0.415. The van der Waals surface area contributed by atoms with E-state index in [1.807, 2.05) is 19.1 Å². The molecule has 4 nitrogen and oxygen atoms in total. The molecule has 0 aliphatic heterocycles. The molecule has 5 heteroatoms. The van der Waals surface area contributed by atoms with Gasteiger partial charge < -0.3 is 14.0 Å². The molecule has 0 fully saturated rings. The maximum atomic E-state index is 6.05. The van der Waals surface area contributed by atoms with E-state index in [1.54, 1.807) is 7.11 Å². The molecular weight excluding hydrogens is 288 g/mol. The third-order valence-corrected chi connectivity index (χ3v) is 3.71. The van der Waals surface area contributed by atoms with Crippen molar-refractivity contribution in [2.75, 3.05) is 20.3 Å². The van der Waals surface area contributed by atoms with Crippen LogP contribution in [0.25, 0.3) is 11.0 Å². The first-order valence-corrected chi connectivity index (χ1v) is 8.01. The number of fused-ring (bicyclic) bond motifs is 1. The van der Waals surface area contributed by atoms with Gasteiger partial charge in [0, 0.05) is 20.3 Å². The van der Waals surface area contributed by atoms with Crippen LogP contribution < -0.4 is 4.74 Å². The number of ether oxygens (including phenoxy) is 2. The molecule has 0 N–H and O–H groups in total. The first-order chi connectivity index (χ1) is 10.3.